The lowest BCUT2D eigenvalue weighted by Gasteiger charge is -2.07. The van der Waals surface area contributed by atoms with E-state index in [1.807, 2.05) is 29.2 Å². The number of nitrogens with zero attached hydrogens (tertiary/aromatic N) is 3. The van der Waals surface area contributed by atoms with Gasteiger partial charge in [-0.1, -0.05) is 12.1 Å². The number of nitrogens with one attached hydrogen (secondary N) is 1. The molecule has 1 aliphatic rings. The van der Waals surface area contributed by atoms with Crippen LogP contribution in [0.25, 0.3) is 16.9 Å². The van der Waals surface area contributed by atoms with E-state index in [1.165, 1.54) is 11.1 Å². The van der Waals surface area contributed by atoms with E-state index in [1.54, 1.807) is 0 Å². The Morgan fingerprint density at radius 2 is 2.00 bits per heavy atom. The molecule has 4 heteroatoms. The van der Waals surface area contributed by atoms with Crippen molar-refractivity contribution in [2.75, 3.05) is 11.9 Å². The van der Waals surface area contributed by atoms with Gasteiger partial charge in [-0.3, -0.25) is 4.98 Å². The van der Waals surface area contributed by atoms with Gasteiger partial charge in [0.2, 0.25) is 0 Å². The second kappa shape index (κ2) is 4.74. The molecule has 1 aliphatic heterocycles. The van der Waals surface area contributed by atoms with Crippen LogP contribution in [0.3, 0.4) is 0 Å². The molecule has 1 N–H and O–H groups in total. The summed E-state index contributed by atoms with van der Waals surface area (Å²) in [6, 6.07) is 12.5. The molecule has 0 radical (unpaired) electrons. The molecule has 0 bridgehead atoms. The Kier molecular flexibility index (Phi) is 2.74. The topological polar surface area (TPSA) is 42.7 Å². The maximum absolute atomic E-state index is 4.84. The first kappa shape index (κ1) is 12.1. The van der Waals surface area contributed by atoms with Gasteiger partial charge in [0.1, 0.15) is 5.82 Å². The first-order chi connectivity index (χ1) is 10.3. The lowest BCUT2D eigenvalue weighted by Crippen LogP contribution is -2.04. The van der Waals surface area contributed by atoms with Crippen LogP contribution in [0, 0.1) is 6.92 Å². The van der Waals surface area contributed by atoms with Crippen molar-refractivity contribution >= 4 is 5.82 Å². The van der Waals surface area contributed by atoms with Crippen LogP contribution in [0.15, 0.2) is 48.8 Å². The molecule has 0 unspecified atom stereocenters. The summed E-state index contributed by atoms with van der Waals surface area (Å²) in [4.78, 5) is 4.09. The fraction of sp³-hybridized carbons (Fsp3) is 0.176. The van der Waals surface area contributed by atoms with Crippen LogP contribution < -0.4 is 5.32 Å². The largest absolute Gasteiger partial charge is 0.369 e. The lowest BCUT2D eigenvalue weighted by atomic mass is 10.1. The molecule has 0 atom stereocenters. The number of anilines is 1. The molecule has 0 saturated heterocycles. The molecule has 0 amide bonds. The van der Waals surface area contributed by atoms with Gasteiger partial charge in [0.25, 0.3) is 0 Å². The first-order valence-corrected chi connectivity index (χ1v) is 7.16. The average molecular weight is 276 g/mol. The van der Waals surface area contributed by atoms with Crippen LogP contribution >= 0.6 is 0 Å². The van der Waals surface area contributed by atoms with Gasteiger partial charge in [-0.05, 0) is 43.2 Å². The third-order valence-corrected chi connectivity index (χ3v) is 3.85. The summed E-state index contributed by atoms with van der Waals surface area (Å²) in [6.07, 6.45) is 4.64. The van der Waals surface area contributed by atoms with Crippen LogP contribution in [-0.4, -0.2) is 21.3 Å². The highest BCUT2D eigenvalue weighted by Gasteiger charge is 2.23. The normalized spacial score (nSPS) is 13.0. The minimum Gasteiger partial charge on any atom is -0.369 e. The number of aryl methyl sites for hydroxylation is 1. The van der Waals surface area contributed by atoms with E-state index in [0.717, 1.165) is 35.7 Å². The van der Waals surface area contributed by atoms with Gasteiger partial charge >= 0.3 is 0 Å². The number of hydrogen-bond donors (Lipinski definition) is 1. The Morgan fingerprint density at radius 3 is 2.81 bits per heavy atom. The summed E-state index contributed by atoms with van der Waals surface area (Å²) in [5.74, 6) is 1.12. The molecular weight excluding hydrogens is 260 g/mol. The Hall–Kier alpha value is -2.62. The fourth-order valence-corrected chi connectivity index (χ4v) is 2.86. The van der Waals surface area contributed by atoms with Crippen LogP contribution in [0.2, 0.25) is 0 Å². The Labute approximate surface area is 123 Å². The summed E-state index contributed by atoms with van der Waals surface area (Å²) in [5.41, 5.74) is 5.80. The van der Waals surface area contributed by atoms with Gasteiger partial charge < -0.3 is 5.32 Å². The standard InChI is InChI=1S/C17H16N4/c1-12-3-2-4-14(11-12)21-17-15(7-10-19-17)16(20-21)13-5-8-18-9-6-13/h2-6,8-9,11,19H,7,10H2,1H3. The quantitative estimate of drug-likeness (QED) is 0.781. The summed E-state index contributed by atoms with van der Waals surface area (Å²) in [7, 11) is 0. The maximum Gasteiger partial charge on any atom is 0.133 e. The number of benzene rings is 1. The molecule has 0 spiro atoms. The van der Waals surface area contributed by atoms with Crippen LogP contribution in [0.1, 0.15) is 11.1 Å². The first-order valence-electron chi connectivity index (χ1n) is 7.16. The van der Waals surface area contributed by atoms with Gasteiger partial charge in [-0.25, -0.2) is 4.68 Å². The van der Waals surface area contributed by atoms with Crippen molar-refractivity contribution in [1.82, 2.24) is 14.8 Å². The predicted molar refractivity (Wildman–Crippen MR) is 83.7 cm³/mol. The number of rotatable bonds is 2. The number of fused-ring (bicyclic) bond motifs is 1. The van der Waals surface area contributed by atoms with E-state index in [2.05, 4.69) is 41.5 Å². The number of pyridine rings is 1. The lowest BCUT2D eigenvalue weighted by molar-refractivity contribution is 0.881. The summed E-state index contributed by atoms with van der Waals surface area (Å²) in [5, 5.41) is 8.30. The van der Waals surface area contributed by atoms with Gasteiger partial charge in [0.05, 0.1) is 11.4 Å². The second-order valence-electron chi connectivity index (χ2n) is 5.34. The molecule has 0 fully saturated rings. The van der Waals surface area contributed by atoms with Crippen LogP contribution in [0.4, 0.5) is 5.82 Å². The SMILES string of the molecule is Cc1cccc(-n2nc(-c3ccncc3)c3c2NCC3)c1. The van der Waals surface area contributed by atoms with E-state index in [9.17, 15) is 0 Å². The van der Waals surface area contributed by atoms with Gasteiger partial charge in [-0.15, -0.1) is 0 Å². The van der Waals surface area contributed by atoms with Crippen LogP contribution in [0.5, 0.6) is 0 Å². The smallest absolute Gasteiger partial charge is 0.133 e. The summed E-state index contributed by atoms with van der Waals surface area (Å²) in [6.45, 7) is 3.07. The number of aromatic nitrogens is 3. The molecule has 2 aromatic heterocycles. The van der Waals surface area contributed by atoms with Crippen molar-refractivity contribution in [3.05, 3.63) is 59.9 Å². The number of hydrogen-bond acceptors (Lipinski definition) is 3. The molecule has 3 aromatic rings. The van der Waals surface area contributed by atoms with Crippen molar-refractivity contribution in [3.8, 4) is 16.9 Å². The minimum atomic E-state index is 0.969. The highest BCUT2D eigenvalue weighted by molar-refractivity contribution is 5.72. The van der Waals surface area contributed by atoms with E-state index in [0.29, 0.717) is 0 Å². The zero-order chi connectivity index (χ0) is 14.2. The van der Waals surface area contributed by atoms with Crippen molar-refractivity contribution in [2.24, 2.45) is 0 Å². The molecule has 104 valence electrons. The molecule has 4 rings (SSSR count). The third kappa shape index (κ3) is 2.00. The minimum absolute atomic E-state index is 0.969. The third-order valence-electron chi connectivity index (χ3n) is 3.85. The van der Waals surface area contributed by atoms with Crippen molar-refractivity contribution in [2.45, 2.75) is 13.3 Å². The molecule has 3 heterocycles. The highest BCUT2D eigenvalue weighted by atomic mass is 15.3. The van der Waals surface area contributed by atoms with E-state index < -0.39 is 0 Å². The molecule has 0 aliphatic carbocycles. The Bertz CT molecular complexity index is 790. The Balaban J connectivity index is 1.91. The summed E-state index contributed by atoms with van der Waals surface area (Å²) >= 11 is 0. The molecule has 0 saturated carbocycles. The van der Waals surface area contributed by atoms with E-state index in [-0.39, 0.29) is 0 Å². The monoisotopic (exact) mass is 276 g/mol. The van der Waals surface area contributed by atoms with Crippen molar-refractivity contribution in [3.63, 3.8) is 0 Å². The van der Waals surface area contributed by atoms with Crippen molar-refractivity contribution in [1.29, 1.82) is 0 Å². The zero-order valence-electron chi connectivity index (χ0n) is 11.9. The Morgan fingerprint density at radius 1 is 1.14 bits per heavy atom. The second-order valence-corrected chi connectivity index (χ2v) is 5.34. The van der Waals surface area contributed by atoms with Crippen LogP contribution in [-0.2, 0) is 6.42 Å². The highest BCUT2D eigenvalue weighted by Crippen LogP contribution is 2.34. The van der Waals surface area contributed by atoms with Gasteiger partial charge in [-0.2, -0.15) is 5.10 Å². The van der Waals surface area contributed by atoms with Crippen molar-refractivity contribution < 1.29 is 0 Å². The van der Waals surface area contributed by atoms with E-state index >= 15 is 0 Å². The van der Waals surface area contributed by atoms with E-state index in [4.69, 9.17) is 5.10 Å². The van der Waals surface area contributed by atoms with Gasteiger partial charge in [0, 0.05) is 30.1 Å². The zero-order valence-corrected chi connectivity index (χ0v) is 11.9. The molecule has 21 heavy (non-hydrogen) atoms. The fourth-order valence-electron chi connectivity index (χ4n) is 2.86. The maximum atomic E-state index is 4.84. The van der Waals surface area contributed by atoms with Gasteiger partial charge in [0.15, 0.2) is 0 Å². The summed E-state index contributed by atoms with van der Waals surface area (Å²) < 4.78 is 2.02. The molecule has 1 aromatic carbocycles. The predicted octanol–water partition coefficient (Wildman–Crippen LogP) is 3.21. The average Bonchev–Trinajstić information content (AvgIpc) is 3.10. The molecular formula is C17H16N4. The molecule has 4 nitrogen and oxygen atoms in total.